The Bertz CT molecular complexity index is 70.4. The second-order valence-electron chi connectivity index (χ2n) is 4.90. The fourth-order valence-electron chi connectivity index (χ4n) is 0. The smallest absolute Gasteiger partial charge is 0.0969 e. The minimum atomic E-state index is 0. The van der Waals surface area contributed by atoms with Crippen LogP contribution >= 0.6 is 0 Å². The minimum absolute atomic E-state index is 0. The highest BCUT2D eigenvalue weighted by molar-refractivity contribution is 7.95. The zero-order chi connectivity index (χ0) is 14.3. The molecule has 0 aromatic heterocycles. The summed E-state index contributed by atoms with van der Waals surface area (Å²) in [4.78, 5) is 0. The quantitative estimate of drug-likeness (QED) is 0.287. The Morgan fingerprint density at radius 2 is 0.250 bits per heavy atom. The third kappa shape index (κ3) is 5000. The molecule has 0 N–H and O–H groups in total. The fraction of sp³-hybridized carbons (Fsp3) is 1.00. The van der Waals surface area contributed by atoms with E-state index in [2.05, 4.69) is 75.1 Å². The SMILES string of the molecule is C[S+](C)C.C[S+](C)C.C[S+](C)C.C[S+](C)C.[F-].[F-].[F-].[F-]. The lowest BCUT2D eigenvalue weighted by Crippen LogP contribution is -3.00. The molecular weight excluding hydrogens is 348 g/mol. The average molecular weight is 385 g/mol. The van der Waals surface area contributed by atoms with Crippen LogP contribution in [0.4, 0.5) is 0 Å². The van der Waals surface area contributed by atoms with Crippen molar-refractivity contribution in [3.63, 3.8) is 0 Å². The van der Waals surface area contributed by atoms with Crippen LogP contribution in [0.5, 0.6) is 0 Å². The Hall–Kier alpha value is 1.12. The van der Waals surface area contributed by atoms with Crippen LogP contribution < -0.4 is 18.8 Å². The van der Waals surface area contributed by atoms with Crippen molar-refractivity contribution < 1.29 is 18.8 Å². The van der Waals surface area contributed by atoms with Gasteiger partial charge >= 0.3 is 0 Å². The van der Waals surface area contributed by atoms with Crippen LogP contribution in [-0.4, -0.2) is 75.1 Å². The van der Waals surface area contributed by atoms with Crippen molar-refractivity contribution in [2.45, 2.75) is 0 Å². The summed E-state index contributed by atoms with van der Waals surface area (Å²) in [6, 6.07) is 0. The molecule has 0 saturated carbocycles. The van der Waals surface area contributed by atoms with E-state index in [1.807, 2.05) is 0 Å². The Balaban J connectivity index is -0.0000000150. The van der Waals surface area contributed by atoms with E-state index in [9.17, 15) is 0 Å². The topological polar surface area (TPSA) is 0 Å². The van der Waals surface area contributed by atoms with Crippen LogP contribution in [0.25, 0.3) is 0 Å². The van der Waals surface area contributed by atoms with Crippen molar-refractivity contribution in [3.05, 3.63) is 0 Å². The van der Waals surface area contributed by atoms with Crippen molar-refractivity contribution in [2.75, 3.05) is 75.1 Å². The lowest BCUT2D eigenvalue weighted by atomic mass is 11.9. The first-order valence-corrected chi connectivity index (χ1v) is 14.7. The molecule has 20 heavy (non-hydrogen) atoms. The molecule has 0 aromatic rings. The van der Waals surface area contributed by atoms with E-state index < -0.39 is 0 Å². The van der Waals surface area contributed by atoms with Crippen LogP contribution in [-0.2, 0) is 43.6 Å². The molecule has 0 atom stereocenters. The van der Waals surface area contributed by atoms with Crippen LogP contribution in [0, 0.1) is 0 Å². The summed E-state index contributed by atoms with van der Waals surface area (Å²) in [5, 5.41) is 0. The molecule has 0 rings (SSSR count). The zero-order valence-electron chi connectivity index (χ0n) is 15.1. The van der Waals surface area contributed by atoms with Gasteiger partial charge in [0.25, 0.3) is 0 Å². The molecule has 0 spiro atoms. The van der Waals surface area contributed by atoms with Crippen molar-refractivity contribution in [2.24, 2.45) is 0 Å². The van der Waals surface area contributed by atoms with Gasteiger partial charge in [0.1, 0.15) is 0 Å². The summed E-state index contributed by atoms with van der Waals surface area (Å²) in [6.45, 7) is 0. The first-order valence-electron chi connectivity index (χ1n) is 4.90. The van der Waals surface area contributed by atoms with E-state index >= 15 is 0 Å². The molecule has 0 aliphatic carbocycles. The van der Waals surface area contributed by atoms with E-state index in [1.54, 1.807) is 0 Å². The molecule has 136 valence electrons. The Morgan fingerprint density at radius 1 is 0.250 bits per heavy atom. The zero-order valence-corrected chi connectivity index (χ0v) is 18.4. The van der Waals surface area contributed by atoms with Crippen molar-refractivity contribution in [1.82, 2.24) is 0 Å². The van der Waals surface area contributed by atoms with Gasteiger partial charge in [-0.2, -0.15) is 0 Å². The van der Waals surface area contributed by atoms with E-state index in [1.165, 1.54) is 0 Å². The molecular formula is C12H36F4S4. The standard InChI is InChI=1S/4C3H9S.4FH/c4*1-4(2)3;;;;/h4*1-3H3;4*1H/q4*+1;;;;/p-4. The van der Waals surface area contributed by atoms with Gasteiger partial charge in [-0.3, -0.25) is 0 Å². The summed E-state index contributed by atoms with van der Waals surface area (Å²) in [5.74, 6) is 0. The second-order valence-corrected chi connectivity index (χ2v) is 14.7. The van der Waals surface area contributed by atoms with E-state index in [0.717, 1.165) is 0 Å². The predicted octanol–water partition coefficient (Wildman–Crippen LogP) is -10.0. The monoisotopic (exact) mass is 384 g/mol. The van der Waals surface area contributed by atoms with Gasteiger partial charge in [0, 0.05) is 0 Å². The molecule has 8 heteroatoms. The molecule has 0 nitrogen and oxygen atoms in total. The maximum atomic E-state index is 2.19. The molecule has 0 aromatic carbocycles. The van der Waals surface area contributed by atoms with Crippen LogP contribution in [0.2, 0.25) is 0 Å². The molecule has 0 fully saturated rings. The third-order valence-electron chi connectivity index (χ3n) is 0. The maximum absolute atomic E-state index is 2.19. The maximum Gasteiger partial charge on any atom is 0.0969 e. The first kappa shape index (κ1) is 49.7. The highest BCUT2D eigenvalue weighted by Crippen LogP contribution is 1.64. The molecule has 0 amide bonds. The van der Waals surface area contributed by atoms with E-state index in [-0.39, 0.29) is 18.8 Å². The molecule has 0 unspecified atom stereocenters. The van der Waals surface area contributed by atoms with Gasteiger partial charge in [-0.05, 0) is 43.6 Å². The molecule has 0 aliphatic rings. The average Bonchev–Trinajstić information content (AvgIpc) is 1.76. The van der Waals surface area contributed by atoms with Crippen molar-refractivity contribution in [1.29, 1.82) is 0 Å². The predicted molar refractivity (Wildman–Crippen MR) is 101 cm³/mol. The normalized spacial score (nSPS) is 7.20. The van der Waals surface area contributed by atoms with Crippen LogP contribution in [0.3, 0.4) is 0 Å². The molecule has 0 saturated heterocycles. The van der Waals surface area contributed by atoms with E-state index in [0.29, 0.717) is 43.6 Å². The summed E-state index contributed by atoms with van der Waals surface area (Å²) in [7, 11) is 2.56. The lowest BCUT2D eigenvalue weighted by Gasteiger charge is -1.69. The highest BCUT2D eigenvalue weighted by Gasteiger charge is 1.78. The van der Waals surface area contributed by atoms with Crippen LogP contribution in [0.1, 0.15) is 0 Å². The Labute approximate surface area is 137 Å². The summed E-state index contributed by atoms with van der Waals surface area (Å²) < 4.78 is 0. The Kier molecular flexibility index (Phi) is 106. The number of rotatable bonds is 0. The third-order valence-corrected chi connectivity index (χ3v) is 0. The summed E-state index contributed by atoms with van der Waals surface area (Å²) >= 11 is 0. The number of halogens is 4. The van der Waals surface area contributed by atoms with Gasteiger partial charge in [0.05, 0.1) is 75.1 Å². The fourth-order valence-corrected chi connectivity index (χ4v) is 0. The van der Waals surface area contributed by atoms with Gasteiger partial charge in [0.2, 0.25) is 0 Å². The largest absolute Gasteiger partial charge is 1.00 e. The lowest BCUT2D eigenvalue weighted by molar-refractivity contribution is -0.00100. The number of hydrogen-bond acceptors (Lipinski definition) is 0. The highest BCUT2D eigenvalue weighted by atomic mass is 32.2. The molecule has 0 heterocycles. The Morgan fingerprint density at radius 3 is 0.250 bits per heavy atom. The van der Waals surface area contributed by atoms with Crippen molar-refractivity contribution >= 4 is 43.6 Å². The molecule has 0 radical (unpaired) electrons. The van der Waals surface area contributed by atoms with Gasteiger partial charge < -0.3 is 18.8 Å². The summed E-state index contributed by atoms with van der Waals surface area (Å²) in [6.07, 6.45) is 26.3. The molecule has 0 aliphatic heterocycles. The number of hydrogen-bond donors (Lipinski definition) is 0. The van der Waals surface area contributed by atoms with E-state index in [4.69, 9.17) is 0 Å². The van der Waals surface area contributed by atoms with Gasteiger partial charge in [-0.1, -0.05) is 0 Å². The second kappa shape index (κ2) is 42.7. The van der Waals surface area contributed by atoms with Crippen molar-refractivity contribution in [3.8, 4) is 0 Å². The first-order chi connectivity index (χ1) is 6.93. The van der Waals surface area contributed by atoms with Gasteiger partial charge in [-0.25, -0.2) is 0 Å². The summed E-state index contributed by atoms with van der Waals surface area (Å²) in [5.41, 5.74) is 0. The van der Waals surface area contributed by atoms with Gasteiger partial charge in [0.15, 0.2) is 0 Å². The van der Waals surface area contributed by atoms with Gasteiger partial charge in [-0.15, -0.1) is 0 Å². The minimum Gasteiger partial charge on any atom is -1.00 e. The van der Waals surface area contributed by atoms with Crippen LogP contribution in [0.15, 0.2) is 0 Å². The molecule has 0 bridgehead atoms.